The summed E-state index contributed by atoms with van der Waals surface area (Å²) in [4.78, 5) is 22.3. The molecule has 1 N–H and O–H groups in total. The SMILES string of the molecule is C[C@H]1CCCC[C@@H]1NC(=O)c1ccc(OS(=O)(=O)c2cccc([N+](=O)[O-])c2)cc1. The van der Waals surface area contributed by atoms with Gasteiger partial charge in [-0.2, -0.15) is 8.42 Å². The molecule has 2 aromatic rings. The van der Waals surface area contributed by atoms with Gasteiger partial charge in [0.1, 0.15) is 10.6 Å². The fourth-order valence-electron chi connectivity index (χ4n) is 3.37. The Hall–Kier alpha value is -2.94. The summed E-state index contributed by atoms with van der Waals surface area (Å²) in [5.74, 6) is 0.228. The molecule has 2 aromatic carbocycles. The lowest BCUT2D eigenvalue weighted by Gasteiger charge is -2.29. The van der Waals surface area contributed by atoms with Crippen LogP contribution in [0.1, 0.15) is 43.0 Å². The fraction of sp³-hybridized carbons (Fsp3) is 0.350. The molecule has 0 aromatic heterocycles. The van der Waals surface area contributed by atoms with E-state index in [9.17, 15) is 23.3 Å². The maximum atomic E-state index is 12.4. The Balaban J connectivity index is 1.69. The molecule has 0 spiro atoms. The van der Waals surface area contributed by atoms with Crippen molar-refractivity contribution in [1.29, 1.82) is 0 Å². The van der Waals surface area contributed by atoms with Crippen molar-refractivity contribution in [3.63, 3.8) is 0 Å². The minimum Gasteiger partial charge on any atom is -0.379 e. The highest BCUT2D eigenvalue weighted by molar-refractivity contribution is 7.87. The van der Waals surface area contributed by atoms with E-state index in [4.69, 9.17) is 4.18 Å². The van der Waals surface area contributed by atoms with E-state index in [0.717, 1.165) is 25.3 Å². The molecule has 0 unspecified atom stereocenters. The highest BCUT2D eigenvalue weighted by Crippen LogP contribution is 2.25. The van der Waals surface area contributed by atoms with Gasteiger partial charge >= 0.3 is 10.1 Å². The Kier molecular flexibility index (Phi) is 6.17. The van der Waals surface area contributed by atoms with Gasteiger partial charge in [-0.05, 0) is 49.1 Å². The van der Waals surface area contributed by atoms with Gasteiger partial charge in [-0.1, -0.05) is 25.8 Å². The van der Waals surface area contributed by atoms with Gasteiger partial charge in [-0.3, -0.25) is 14.9 Å². The molecular weight excluding hydrogens is 396 g/mol. The highest BCUT2D eigenvalue weighted by atomic mass is 32.2. The number of hydrogen-bond donors (Lipinski definition) is 1. The molecule has 0 aliphatic heterocycles. The standard InChI is InChI=1S/C20H22N2O6S/c1-14-5-2-3-8-19(14)21-20(23)15-9-11-17(12-10-15)28-29(26,27)18-7-4-6-16(13-18)22(24)25/h4,6-7,9-14,19H,2-3,5,8H2,1H3,(H,21,23)/t14-,19-/m0/s1. The summed E-state index contributed by atoms with van der Waals surface area (Å²) >= 11 is 0. The molecule has 3 rings (SSSR count). The third-order valence-electron chi connectivity index (χ3n) is 5.07. The fourth-order valence-corrected chi connectivity index (χ4v) is 4.34. The zero-order valence-electron chi connectivity index (χ0n) is 15.9. The zero-order valence-corrected chi connectivity index (χ0v) is 16.7. The summed E-state index contributed by atoms with van der Waals surface area (Å²) in [6.45, 7) is 2.12. The molecule has 1 amide bonds. The summed E-state index contributed by atoms with van der Waals surface area (Å²) in [6.07, 6.45) is 4.32. The van der Waals surface area contributed by atoms with Gasteiger partial charge in [-0.15, -0.1) is 0 Å². The van der Waals surface area contributed by atoms with Crippen molar-refractivity contribution < 1.29 is 22.3 Å². The number of nitro benzene ring substituents is 1. The molecule has 8 nitrogen and oxygen atoms in total. The van der Waals surface area contributed by atoms with Crippen LogP contribution in [0.3, 0.4) is 0 Å². The van der Waals surface area contributed by atoms with Gasteiger partial charge in [-0.25, -0.2) is 0 Å². The zero-order chi connectivity index (χ0) is 21.0. The van der Waals surface area contributed by atoms with Crippen LogP contribution in [0.25, 0.3) is 0 Å². The lowest BCUT2D eigenvalue weighted by molar-refractivity contribution is -0.385. The number of non-ortho nitro benzene ring substituents is 1. The first-order chi connectivity index (χ1) is 13.8. The normalized spacial score (nSPS) is 19.3. The molecule has 0 bridgehead atoms. The van der Waals surface area contributed by atoms with Crippen LogP contribution in [0.15, 0.2) is 53.4 Å². The predicted octanol–water partition coefficient (Wildman–Crippen LogP) is 3.67. The molecular formula is C20H22N2O6S. The van der Waals surface area contributed by atoms with Crippen LogP contribution >= 0.6 is 0 Å². The first-order valence-electron chi connectivity index (χ1n) is 9.36. The number of carbonyl (C=O) groups is 1. The molecule has 0 saturated heterocycles. The van der Waals surface area contributed by atoms with Crippen molar-refractivity contribution in [2.45, 2.75) is 43.5 Å². The average Bonchev–Trinajstić information content (AvgIpc) is 2.70. The molecule has 1 aliphatic rings. The molecule has 0 heterocycles. The number of nitrogens with one attached hydrogen (secondary N) is 1. The quantitative estimate of drug-likeness (QED) is 0.435. The van der Waals surface area contributed by atoms with Crippen LogP contribution < -0.4 is 9.50 Å². The first kappa shape index (κ1) is 20.8. The summed E-state index contributed by atoms with van der Waals surface area (Å²) < 4.78 is 29.8. The van der Waals surface area contributed by atoms with Crippen molar-refractivity contribution in [1.82, 2.24) is 5.32 Å². The van der Waals surface area contributed by atoms with E-state index < -0.39 is 15.0 Å². The summed E-state index contributed by atoms with van der Waals surface area (Å²) in [5, 5.41) is 13.9. The third kappa shape index (κ3) is 5.11. The van der Waals surface area contributed by atoms with E-state index in [1.54, 1.807) is 0 Å². The molecule has 2 atom stereocenters. The van der Waals surface area contributed by atoms with Crippen LogP contribution in [0.5, 0.6) is 5.75 Å². The van der Waals surface area contributed by atoms with Crippen molar-refractivity contribution in [2.75, 3.05) is 0 Å². The topological polar surface area (TPSA) is 116 Å². The number of nitro groups is 1. The van der Waals surface area contributed by atoms with Crippen LogP contribution in [-0.4, -0.2) is 25.3 Å². The summed E-state index contributed by atoms with van der Waals surface area (Å²) in [6, 6.07) is 10.5. The minimum absolute atomic E-state index is 0.0130. The van der Waals surface area contributed by atoms with Gasteiger partial charge in [0.2, 0.25) is 0 Å². The third-order valence-corrected chi connectivity index (χ3v) is 6.31. The number of nitrogens with zero attached hydrogens (tertiary/aromatic N) is 1. The lowest BCUT2D eigenvalue weighted by Crippen LogP contribution is -2.41. The Bertz CT molecular complexity index is 1000. The van der Waals surface area contributed by atoms with E-state index in [1.165, 1.54) is 48.9 Å². The maximum absolute atomic E-state index is 12.4. The number of amides is 1. The van der Waals surface area contributed by atoms with Crippen molar-refractivity contribution >= 4 is 21.7 Å². The molecule has 154 valence electrons. The van der Waals surface area contributed by atoms with E-state index in [-0.39, 0.29) is 28.3 Å². The van der Waals surface area contributed by atoms with Crippen molar-refractivity contribution in [3.05, 3.63) is 64.2 Å². The Morgan fingerprint density at radius 3 is 2.48 bits per heavy atom. The van der Waals surface area contributed by atoms with Gasteiger partial charge in [0.05, 0.1) is 4.92 Å². The monoisotopic (exact) mass is 418 g/mol. The van der Waals surface area contributed by atoms with Crippen LogP contribution in [0.2, 0.25) is 0 Å². The first-order valence-corrected chi connectivity index (χ1v) is 10.8. The van der Waals surface area contributed by atoms with Crippen LogP contribution in [0, 0.1) is 16.0 Å². The maximum Gasteiger partial charge on any atom is 0.339 e. The molecule has 9 heteroatoms. The Morgan fingerprint density at radius 2 is 1.83 bits per heavy atom. The molecule has 29 heavy (non-hydrogen) atoms. The molecule has 1 aliphatic carbocycles. The smallest absolute Gasteiger partial charge is 0.339 e. The molecule has 1 fully saturated rings. The Morgan fingerprint density at radius 1 is 1.14 bits per heavy atom. The predicted molar refractivity (Wildman–Crippen MR) is 106 cm³/mol. The lowest BCUT2D eigenvalue weighted by atomic mass is 9.86. The van der Waals surface area contributed by atoms with Crippen LogP contribution in [-0.2, 0) is 10.1 Å². The minimum atomic E-state index is -4.24. The Labute approximate surface area is 169 Å². The second-order valence-corrected chi connectivity index (χ2v) is 8.70. The van der Waals surface area contributed by atoms with Gasteiger partial charge < -0.3 is 9.50 Å². The average molecular weight is 418 g/mol. The van der Waals surface area contributed by atoms with Gasteiger partial charge in [0.25, 0.3) is 11.6 Å². The molecule has 0 radical (unpaired) electrons. The second-order valence-electron chi connectivity index (χ2n) is 7.16. The van der Waals surface area contributed by atoms with Crippen molar-refractivity contribution in [2.24, 2.45) is 5.92 Å². The number of benzene rings is 2. The van der Waals surface area contributed by atoms with E-state index >= 15 is 0 Å². The largest absolute Gasteiger partial charge is 0.379 e. The summed E-state index contributed by atoms with van der Waals surface area (Å²) in [7, 11) is -4.24. The van der Waals surface area contributed by atoms with E-state index in [1.807, 2.05) is 0 Å². The van der Waals surface area contributed by atoms with E-state index in [2.05, 4.69) is 12.2 Å². The highest BCUT2D eigenvalue weighted by Gasteiger charge is 2.24. The van der Waals surface area contributed by atoms with Crippen molar-refractivity contribution in [3.8, 4) is 5.75 Å². The van der Waals surface area contributed by atoms with E-state index in [0.29, 0.717) is 11.5 Å². The number of carbonyl (C=O) groups excluding carboxylic acids is 1. The number of hydrogen-bond acceptors (Lipinski definition) is 6. The van der Waals surface area contributed by atoms with Gasteiger partial charge in [0, 0.05) is 23.7 Å². The summed E-state index contributed by atoms with van der Waals surface area (Å²) in [5.41, 5.74) is 0.0569. The van der Waals surface area contributed by atoms with Crippen LogP contribution in [0.4, 0.5) is 5.69 Å². The number of rotatable bonds is 6. The second kappa shape index (κ2) is 8.60. The molecule has 1 saturated carbocycles. The van der Waals surface area contributed by atoms with Gasteiger partial charge in [0.15, 0.2) is 0 Å².